The highest BCUT2D eigenvalue weighted by Gasteiger charge is 2.30. The molecule has 3 rings (SSSR count). The Hall–Kier alpha value is -3.60. The second-order valence-corrected chi connectivity index (χ2v) is 11.4. The number of nitrogens with one attached hydrogen (secondary N) is 1. The Morgan fingerprint density at radius 3 is 2.16 bits per heavy atom. The molecular formula is C33H42N2O3. The predicted molar refractivity (Wildman–Crippen MR) is 154 cm³/mol. The highest BCUT2D eigenvalue weighted by atomic mass is 16.5. The zero-order chi connectivity index (χ0) is 27.7. The molecule has 1 N–H and O–H groups in total. The van der Waals surface area contributed by atoms with Gasteiger partial charge in [-0.3, -0.25) is 9.59 Å². The van der Waals surface area contributed by atoms with Crippen molar-refractivity contribution in [3.8, 4) is 5.75 Å². The normalized spacial score (nSPS) is 12.2. The van der Waals surface area contributed by atoms with Gasteiger partial charge in [-0.15, -0.1) is 0 Å². The molecule has 0 saturated heterocycles. The minimum Gasteiger partial charge on any atom is -0.484 e. The zero-order valence-corrected chi connectivity index (χ0v) is 23.7. The van der Waals surface area contributed by atoms with Gasteiger partial charge in [0.1, 0.15) is 11.8 Å². The van der Waals surface area contributed by atoms with Gasteiger partial charge in [0.25, 0.3) is 5.91 Å². The minimum atomic E-state index is -0.670. The molecular weight excluding hydrogens is 472 g/mol. The number of aryl methyl sites for hydroxylation is 1. The Morgan fingerprint density at radius 2 is 1.55 bits per heavy atom. The summed E-state index contributed by atoms with van der Waals surface area (Å²) in [6, 6.07) is 25.1. The number of benzene rings is 3. The topological polar surface area (TPSA) is 58.6 Å². The van der Waals surface area contributed by atoms with Crippen LogP contribution in [0.5, 0.6) is 5.75 Å². The summed E-state index contributed by atoms with van der Waals surface area (Å²) in [5.41, 5.74) is 4.31. The summed E-state index contributed by atoms with van der Waals surface area (Å²) in [7, 11) is 0. The molecule has 0 heterocycles. The van der Waals surface area contributed by atoms with Crippen LogP contribution in [0, 0.1) is 12.8 Å². The molecule has 0 aliphatic carbocycles. The van der Waals surface area contributed by atoms with Gasteiger partial charge in [-0.25, -0.2) is 0 Å². The SMILES string of the molecule is Cc1cccc(CN(C(=O)COc2ccc(C(C)(C)C)cc2)C(Cc2ccccc2)C(=O)NCC(C)C)c1. The lowest BCUT2D eigenvalue weighted by atomic mass is 9.87. The van der Waals surface area contributed by atoms with Crippen LogP contribution in [-0.2, 0) is 28.0 Å². The third-order valence-electron chi connectivity index (χ3n) is 6.47. The molecule has 3 aromatic carbocycles. The van der Waals surface area contributed by atoms with Crippen LogP contribution in [0.25, 0.3) is 0 Å². The van der Waals surface area contributed by atoms with Crippen LogP contribution >= 0.6 is 0 Å². The van der Waals surface area contributed by atoms with E-state index in [2.05, 4.69) is 46.0 Å². The van der Waals surface area contributed by atoms with Crippen LogP contribution in [0.4, 0.5) is 0 Å². The van der Waals surface area contributed by atoms with E-state index in [1.54, 1.807) is 4.90 Å². The van der Waals surface area contributed by atoms with Gasteiger partial charge in [0.05, 0.1) is 0 Å². The summed E-state index contributed by atoms with van der Waals surface area (Å²) in [6.45, 7) is 13.3. The molecule has 2 amide bonds. The summed E-state index contributed by atoms with van der Waals surface area (Å²) in [5.74, 6) is 0.549. The first-order chi connectivity index (χ1) is 18.0. The van der Waals surface area contributed by atoms with Crippen molar-refractivity contribution in [2.24, 2.45) is 5.92 Å². The fourth-order valence-corrected chi connectivity index (χ4v) is 4.26. The van der Waals surface area contributed by atoms with E-state index in [0.717, 1.165) is 16.7 Å². The van der Waals surface area contributed by atoms with Crippen LogP contribution in [-0.4, -0.2) is 35.9 Å². The number of rotatable bonds is 11. The summed E-state index contributed by atoms with van der Waals surface area (Å²) < 4.78 is 5.93. The lowest BCUT2D eigenvalue weighted by Gasteiger charge is -2.32. The van der Waals surface area contributed by atoms with Gasteiger partial charge in [0.15, 0.2) is 6.61 Å². The standard InChI is InChI=1S/C33H42N2O3/c1-24(2)21-34-32(37)30(20-26-12-8-7-9-13-26)35(22-27-14-10-11-25(3)19-27)31(36)23-38-29-17-15-28(16-18-29)33(4,5)6/h7-19,24,30H,20-23H2,1-6H3,(H,34,37). The van der Waals surface area contributed by atoms with Crippen LogP contribution in [0.15, 0.2) is 78.9 Å². The number of carbonyl (C=O) groups is 2. The molecule has 0 aliphatic heterocycles. The number of carbonyl (C=O) groups excluding carboxylic acids is 2. The molecule has 0 fully saturated rings. The van der Waals surface area contributed by atoms with Crippen molar-refractivity contribution in [2.75, 3.05) is 13.2 Å². The molecule has 5 nitrogen and oxygen atoms in total. The smallest absolute Gasteiger partial charge is 0.261 e. The lowest BCUT2D eigenvalue weighted by Crippen LogP contribution is -2.52. The second-order valence-electron chi connectivity index (χ2n) is 11.4. The van der Waals surface area contributed by atoms with Gasteiger partial charge < -0.3 is 15.0 Å². The van der Waals surface area contributed by atoms with E-state index >= 15 is 0 Å². The molecule has 1 atom stereocenters. The van der Waals surface area contributed by atoms with Gasteiger partial charge in [0, 0.05) is 19.5 Å². The third kappa shape index (κ3) is 8.76. The van der Waals surface area contributed by atoms with E-state index in [1.807, 2.05) is 79.7 Å². The largest absolute Gasteiger partial charge is 0.484 e. The summed E-state index contributed by atoms with van der Waals surface area (Å²) >= 11 is 0. The van der Waals surface area contributed by atoms with Crippen molar-refractivity contribution in [2.45, 2.75) is 66.0 Å². The fourth-order valence-electron chi connectivity index (χ4n) is 4.26. The molecule has 0 aliphatic rings. The fraction of sp³-hybridized carbons (Fsp3) is 0.394. The van der Waals surface area contributed by atoms with Gasteiger partial charge in [-0.05, 0) is 47.1 Å². The maximum absolute atomic E-state index is 13.7. The van der Waals surface area contributed by atoms with Crippen LogP contribution in [0.3, 0.4) is 0 Å². The lowest BCUT2D eigenvalue weighted by molar-refractivity contribution is -0.142. The van der Waals surface area contributed by atoms with E-state index < -0.39 is 6.04 Å². The molecule has 3 aromatic rings. The van der Waals surface area contributed by atoms with Crippen molar-refractivity contribution >= 4 is 11.8 Å². The van der Waals surface area contributed by atoms with Crippen LogP contribution in [0.2, 0.25) is 0 Å². The monoisotopic (exact) mass is 514 g/mol. The maximum Gasteiger partial charge on any atom is 0.261 e. The Morgan fingerprint density at radius 1 is 0.895 bits per heavy atom. The number of hydrogen-bond donors (Lipinski definition) is 1. The number of ether oxygens (including phenoxy) is 1. The van der Waals surface area contributed by atoms with E-state index in [0.29, 0.717) is 31.2 Å². The summed E-state index contributed by atoms with van der Waals surface area (Å²) in [4.78, 5) is 28.9. The minimum absolute atomic E-state index is 0.0347. The molecule has 202 valence electrons. The molecule has 0 bridgehead atoms. The Bertz CT molecular complexity index is 1180. The predicted octanol–water partition coefficient (Wildman–Crippen LogP) is 6.08. The molecule has 38 heavy (non-hydrogen) atoms. The third-order valence-corrected chi connectivity index (χ3v) is 6.47. The Kier molecular flexibility index (Phi) is 10.1. The molecule has 0 spiro atoms. The first-order valence-corrected chi connectivity index (χ1v) is 13.4. The van der Waals surface area contributed by atoms with E-state index in [1.165, 1.54) is 5.56 Å². The molecule has 0 aromatic heterocycles. The van der Waals surface area contributed by atoms with Crippen molar-refractivity contribution in [1.82, 2.24) is 10.2 Å². The summed E-state index contributed by atoms with van der Waals surface area (Å²) in [5, 5.41) is 3.06. The highest BCUT2D eigenvalue weighted by Crippen LogP contribution is 2.24. The average Bonchev–Trinajstić information content (AvgIpc) is 2.88. The first kappa shape index (κ1) is 29.0. The molecule has 5 heteroatoms. The maximum atomic E-state index is 13.7. The Balaban J connectivity index is 1.87. The second kappa shape index (κ2) is 13.3. The van der Waals surface area contributed by atoms with Gasteiger partial charge in [-0.1, -0.05) is 107 Å². The van der Waals surface area contributed by atoms with Crippen molar-refractivity contribution in [3.05, 3.63) is 101 Å². The van der Waals surface area contributed by atoms with Gasteiger partial charge in [0.2, 0.25) is 5.91 Å². The van der Waals surface area contributed by atoms with Crippen molar-refractivity contribution in [3.63, 3.8) is 0 Å². The molecule has 0 radical (unpaired) electrons. The highest BCUT2D eigenvalue weighted by molar-refractivity contribution is 5.88. The molecule has 0 saturated carbocycles. The average molecular weight is 515 g/mol. The van der Waals surface area contributed by atoms with Crippen LogP contribution in [0.1, 0.15) is 56.9 Å². The quantitative estimate of drug-likeness (QED) is 0.337. The molecule has 1 unspecified atom stereocenters. The van der Waals surface area contributed by atoms with Crippen LogP contribution < -0.4 is 10.1 Å². The number of hydrogen-bond acceptors (Lipinski definition) is 3. The van der Waals surface area contributed by atoms with Gasteiger partial charge in [-0.2, -0.15) is 0 Å². The number of nitrogens with zero attached hydrogens (tertiary/aromatic N) is 1. The Labute approximate surface area is 228 Å². The van der Waals surface area contributed by atoms with E-state index in [9.17, 15) is 9.59 Å². The summed E-state index contributed by atoms with van der Waals surface area (Å²) in [6.07, 6.45) is 0.419. The zero-order valence-electron chi connectivity index (χ0n) is 23.7. The van der Waals surface area contributed by atoms with Crippen molar-refractivity contribution in [1.29, 1.82) is 0 Å². The van der Waals surface area contributed by atoms with E-state index in [-0.39, 0.29) is 23.8 Å². The van der Waals surface area contributed by atoms with E-state index in [4.69, 9.17) is 4.74 Å². The van der Waals surface area contributed by atoms with Crippen molar-refractivity contribution < 1.29 is 14.3 Å². The van der Waals surface area contributed by atoms with Gasteiger partial charge >= 0.3 is 0 Å². The first-order valence-electron chi connectivity index (χ1n) is 13.4. The number of amides is 2.